The van der Waals surface area contributed by atoms with Gasteiger partial charge in [-0.3, -0.25) is 0 Å². The van der Waals surface area contributed by atoms with Crippen molar-refractivity contribution in [2.45, 2.75) is 37.8 Å². The lowest BCUT2D eigenvalue weighted by Gasteiger charge is -2.27. The van der Waals surface area contributed by atoms with Crippen molar-refractivity contribution in [1.29, 1.82) is 0 Å². The molecule has 0 spiro atoms. The summed E-state index contributed by atoms with van der Waals surface area (Å²) in [4.78, 5) is 0. The van der Waals surface area contributed by atoms with Crippen molar-refractivity contribution in [3.05, 3.63) is 0 Å². The molecule has 0 atom stereocenters. The molecule has 0 aromatic heterocycles. The van der Waals surface area contributed by atoms with Crippen LogP contribution in [-0.2, 0) is 0 Å². The van der Waals surface area contributed by atoms with E-state index in [-0.39, 0.29) is 0 Å². The van der Waals surface area contributed by atoms with Crippen LogP contribution < -0.4 is 10.6 Å². The lowest BCUT2D eigenvalue weighted by molar-refractivity contribution is 0.330. The molecule has 0 heterocycles. The van der Waals surface area contributed by atoms with Crippen LogP contribution in [0.1, 0.15) is 25.7 Å². The van der Waals surface area contributed by atoms with Crippen molar-refractivity contribution in [1.82, 2.24) is 10.6 Å². The molecule has 2 N–H and O–H groups in total. The van der Waals surface area contributed by atoms with Crippen molar-refractivity contribution in [2.75, 3.05) is 14.1 Å². The number of hydrogen-bond acceptors (Lipinski definition) is 2. The highest BCUT2D eigenvalue weighted by Crippen LogP contribution is 2.17. The van der Waals surface area contributed by atoms with E-state index in [4.69, 9.17) is 0 Å². The zero-order valence-corrected chi connectivity index (χ0v) is 6.98. The molecule has 1 saturated carbocycles. The molecule has 1 rings (SSSR count). The second kappa shape index (κ2) is 3.94. The lowest BCUT2D eigenvalue weighted by atomic mass is 9.91. The van der Waals surface area contributed by atoms with Gasteiger partial charge in [-0.1, -0.05) is 0 Å². The molecule has 0 aromatic carbocycles. The summed E-state index contributed by atoms with van der Waals surface area (Å²) >= 11 is 0. The highest BCUT2D eigenvalue weighted by molar-refractivity contribution is 4.78. The van der Waals surface area contributed by atoms with Gasteiger partial charge in [0.05, 0.1) is 0 Å². The first-order valence-corrected chi connectivity index (χ1v) is 4.21. The molecular formula is C8H18N2. The monoisotopic (exact) mass is 142 g/mol. The van der Waals surface area contributed by atoms with E-state index in [9.17, 15) is 0 Å². The fraction of sp³-hybridized carbons (Fsp3) is 1.00. The van der Waals surface area contributed by atoms with Crippen LogP contribution >= 0.6 is 0 Å². The van der Waals surface area contributed by atoms with E-state index in [0.29, 0.717) is 0 Å². The molecule has 0 radical (unpaired) electrons. The van der Waals surface area contributed by atoms with Gasteiger partial charge in [-0.2, -0.15) is 0 Å². The van der Waals surface area contributed by atoms with Crippen LogP contribution in [0, 0.1) is 0 Å². The summed E-state index contributed by atoms with van der Waals surface area (Å²) in [6, 6.07) is 1.56. The van der Waals surface area contributed by atoms with Gasteiger partial charge in [-0.15, -0.1) is 0 Å². The third-order valence-electron chi connectivity index (χ3n) is 2.54. The van der Waals surface area contributed by atoms with Gasteiger partial charge in [-0.05, 0) is 39.8 Å². The normalized spacial score (nSPS) is 34.2. The lowest BCUT2D eigenvalue weighted by Crippen LogP contribution is -2.37. The minimum absolute atomic E-state index is 0.782. The molecule has 1 aliphatic carbocycles. The predicted molar refractivity (Wildman–Crippen MR) is 44.2 cm³/mol. The number of rotatable bonds is 2. The van der Waals surface area contributed by atoms with Crippen LogP contribution in [0.15, 0.2) is 0 Å². The smallest absolute Gasteiger partial charge is 0.00652 e. The first-order chi connectivity index (χ1) is 4.86. The molecule has 0 bridgehead atoms. The third-order valence-corrected chi connectivity index (χ3v) is 2.54. The molecular weight excluding hydrogens is 124 g/mol. The van der Waals surface area contributed by atoms with E-state index in [1.54, 1.807) is 0 Å². The third kappa shape index (κ3) is 1.96. The van der Waals surface area contributed by atoms with Gasteiger partial charge in [-0.25, -0.2) is 0 Å². The van der Waals surface area contributed by atoms with E-state index in [1.165, 1.54) is 25.7 Å². The first kappa shape index (κ1) is 8.02. The Balaban J connectivity index is 2.17. The minimum atomic E-state index is 0.782. The molecule has 1 aliphatic rings. The molecule has 60 valence electrons. The van der Waals surface area contributed by atoms with Crippen molar-refractivity contribution < 1.29 is 0 Å². The van der Waals surface area contributed by atoms with Crippen LogP contribution in [0.2, 0.25) is 0 Å². The average Bonchev–Trinajstić information content (AvgIpc) is 2.05. The van der Waals surface area contributed by atoms with Crippen molar-refractivity contribution in [2.24, 2.45) is 0 Å². The predicted octanol–water partition coefficient (Wildman–Crippen LogP) is 0.736. The highest BCUT2D eigenvalue weighted by Gasteiger charge is 2.17. The first-order valence-electron chi connectivity index (χ1n) is 4.21. The molecule has 0 aliphatic heterocycles. The molecule has 10 heavy (non-hydrogen) atoms. The van der Waals surface area contributed by atoms with Gasteiger partial charge in [0.1, 0.15) is 0 Å². The van der Waals surface area contributed by atoms with E-state index in [0.717, 1.165) is 12.1 Å². The summed E-state index contributed by atoms with van der Waals surface area (Å²) in [5.41, 5.74) is 0. The SMILES string of the molecule is CN[C@H]1CC[C@H](NC)CC1. The van der Waals surface area contributed by atoms with E-state index >= 15 is 0 Å². The maximum absolute atomic E-state index is 3.32. The molecule has 1 fully saturated rings. The van der Waals surface area contributed by atoms with Crippen molar-refractivity contribution >= 4 is 0 Å². The molecule has 2 heteroatoms. The van der Waals surface area contributed by atoms with Gasteiger partial charge in [0.2, 0.25) is 0 Å². The van der Waals surface area contributed by atoms with E-state index in [2.05, 4.69) is 24.7 Å². The Morgan fingerprint density at radius 3 is 1.30 bits per heavy atom. The molecule has 0 aromatic rings. The van der Waals surface area contributed by atoms with Crippen LogP contribution in [0.3, 0.4) is 0 Å². The fourth-order valence-corrected chi connectivity index (χ4v) is 1.67. The largest absolute Gasteiger partial charge is 0.317 e. The number of nitrogens with one attached hydrogen (secondary N) is 2. The molecule has 2 nitrogen and oxygen atoms in total. The Bertz CT molecular complexity index is 73.3. The summed E-state index contributed by atoms with van der Waals surface area (Å²) in [5, 5.41) is 6.64. The van der Waals surface area contributed by atoms with Crippen LogP contribution in [0.4, 0.5) is 0 Å². The quantitative estimate of drug-likeness (QED) is 0.594. The van der Waals surface area contributed by atoms with E-state index < -0.39 is 0 Å². The Kier molecular flexibility index (Phi) is 3.16. The topological polar surface area (TPSA) is 24.1 Å². The maximum Gasteiger partial charge on any atom is 0.00652 e. The summed E-state index contributed by atoms with van der Waals surface area (Å²) in [7, 11) is 4.12. The highest BCUT2D eigenvalue weighted by atomic mass is 14.9. The average molecular weight is 142 g/mol. The fourth-order valence-electron chi connectivity index (χ4n) is 1.67. The second-order valence-electron chi connectivity index (χ2n) is 3.13. The Morgan fingerprint density at radius 2 is 1.10 bits per heavy atom. The zero-order valence-electron chi connectivity index (χ0n) is 6.98. The van der Waals surface area contributed by atoms with E-state index in [1.807, 2.05) is 0 Å². The van der Waals surface area contributed by atoms with Crippen molar-refractivity contribution in [3.8, 4) is 0 Å². The van der Waals surface area contributed by atoms with Crippen LogP contribution in [0.25, 0.3) is 0 Å². The minimum Gasteiger partial charge on any atom is -0.317 e. The summed E-state index contributed by atoms with van der Waals surface area (Å²) in [5.74, 6) is 0. The Hall–Kier alpha value is -0.0800. The molecule has 0 saturated heterocycles. The molecule has 0 amide bonds. The zero-order chi connectivity index (χ0) is 7.40. The Labute approximate surface area is 63.4 Å². The number of hydrogen-bond donors (Lipinski definition) is 2. The van der Waals surface area contributed by atoms with Gasteiger partial charge < -0.3 is 10.6 Å². The summed E-state index contributed by atoms with van der Waals surface area (Å²) in [6.07, 6.45) is 5.34. The summed E-state index contributed by atoms with van der Waals surface area (Å²) < 4.78 is 0. The Morgan fingerprint density at radius 1 is 0.800 bits per heavy atom. The van der Waals surface area contributed by atoms with Gasteiger partial charge in [0.25, 0.3) is 0 Å². The standard InChI is InChI=1S/C8H18N2/c1-9-7-3-5-8(10-2)6-4-7/h7-10H,3-6H2,1-2H3/t7-,8-. The van der Waals surface area contributed by atoms with Crippen molar-refractivity contribution in [3.63, 3.8) is 0 Å². The molecule has 0 unspecified atom stereocenters. The maximum atomic E-state index is 3.32. The van der Waals surface area contributed by atoms with Gasteiger partial charge >= 0.3 is 0 Å². The van der Waals surface area contributed by atoms with Crippen LogP contribution in [0.5, 0.6) is 0 Å². The van der Waals surface area contributed by atoms with Gasteiger partial charge in [0.15, 0.2) is 0 Å². The van der Waals surface area contributed by atoms with Crippen LogP contribution in [-0.4, -0.2) is 26.2 Å². The second-order valence-corrected chi connectivity index (χ2v) is 3.13. The summed E-state index contributed by atoms with van der Waals surface area (Å²) in [6.45, 7) is 0. The van der Waals surface area contributed by atoms with Gasteiger partial charge in [0, 0.05) is 12.1 Å².